The third kappa shape index (κ3) is 4.57. The fraction of sp³-hybridized carbons (Fsp3) is 0.226. The van der Waals surface area contributed by atoms with E-state index in [-0.39, 0.29) is 41.7 Å². The zero-order valence-corrected chi connectivity index (χ0v) is 20.6. The van der Waals surface area contributed by atoms with Gasteiger partial charge < -0.3 is 14.2 Å². The first-order valence-corrected chi connectivity index (χ1v) is 12.4. The van der Waals surface area contributed by atoms with Gasteiger partial charge in [-0.25, -0.2) is 0 Å². The predicted molar refractivity (Wildman–Crippen MR) is 141 cm³/mol. The molecule has 4 aromatic rings. The smallest absolute Gasteiger partial charge is 0.274 e. The minimum atomic E-state index is -0.286. The van der Waals surface area contributed by atoms with Crippen molar-refractivity contribution in [2.45, 2.75) is 38.5 Å². The van der Waals surface area contributed by atoms with Crippen molar-refractivity contribution in [2.24, 2.45) is 0 Å². The summed E-state index contributed by atoms with van der Waals surface area (Å²) in [4.78, 5) is 28.7. The molecule has 0 unspecified atom stereocenters. The van der Waals surface area contributed by atoms with Gasteiger partial charge in [0.15, 0.2) is 11.4 Å². The molecule has 1 aliphatic heterocycles. The third-order valence-electron chi connectivity index (χ3n) is 6.84. The van der Waals surface area contributed by atoms with Gasteiger partial charge in [-0.05, 0) is 30.5 Å². The van der Waals surface area contributed by atoms with Gasteiger partial charge in [0.05, 0.1) is 6.04 Å². The fourth-order valence-electron chi connectivity index (χ4n) is 5.06. The van der Waals surface area contributed by atoms with Gasteiger partial charge in [-0.15, -0.1) is 0 Å². The maximum Gasteiger partial charge on any atom is 0.274 e. The predicted octanol–water partition coefficient (Wildman–Crippen LogP) is 5.66. The molecule has 0 radical (unpaired) electrons. The van der Waals surface area contributed by atoms with Crippen molar-refractivity contribution in [3.8, 4) is 5.75 Å². The maximum absolute atomic E-state index is 13.8. The number of hydrogen-bond acceptors (Lipinski definition) is 3. The van der Waals surface area contributed by atoms with Crippen molar-refractivity contribution in [3.05, 3.63) is 136 Å². The largest absolute Gasteiger partial charge is 0.483 e. The molecule has 1 amide bonds. The Morgan fingerprint density at radius 2 is 1.36 bits per heavy atom. The molecule has 0 N–H and O–H groups in total. The minimum absolute atomic E-state index is 0.0232. The van der Waals surface area contributed by atoms with Gasteiger partial charge in [-0.2, -0.15) is 0 Å². The third-order valence-corrected chi connectivity index (χ3v) is 6.84. The summed E-state index contributed by atoms with van der Waals surface area (Å²) < 4.78 is 8.04. The highest BCUT2D eigenvalue weighted by Gasteiger charge is 2.39. The number of nitrogens with zero attached hydrogens (tertiary/aromatic N) is 2. The van der Waals surface area contributed by atoms with E-state index in [0.29, 0.717) is 12.2 Å². The van der Waals surface area contributed by atoms with Crippen LogP contribution in [-0.4, -0.2) is 28.0 Å². The maximum atomic E-state index is 13.8. The Bertz CT molecular complexity index is 1340. The van der Waals surface area contributed by atoms with Crippen LogP contribution in [0.15, 0.2) is 108 Å². The van der Waals surface area contributed by atoms with Crippen LogP contribution in [0, 0.1) is 0 Å². The molecule has 3 aromatic carbocycles. The SMILES string of the molecule is CC(C)N1C[C@H](C(c2ccccc2)c2ccccc2)n2ccc(=O)c(OCc3ccccc3)c2C1=O. The van der Waals surface area contributed by atoms with E-state index in [4.69, 9.17) is 4.74 Å². The van der Waals surface area contributed by atoms with Crippen LogP contribution in [-0.2, 0) is 6.61 Å². The lowest BCUT2D eigenvalue weighted by Crippen LogP contribution is -2.49. The Hall–Kier alpha value is -4.12. The van der Waals surface area contributed by atoms with Gasteiger partial charge >= 0.3 is 0 Å². The van der Waals surface area contributed by atoms with Crippen LogP contribution >= 0.6 is 0 Å². The zero-order valence-electron chi connectivity index (χ0n) is 20.6. The van der Waals surface area contributed by atoms with E-state index in [9.17, 15) is 9.59 Å². The lowest BCUT2D eigenvalue weighted by atomic mass is 9.83. The molecule has 182 valence electrons. The number of rotatable bonds is 7. The van der Waals surface area contributed by atoms with Crippen molar-refractivity contribution in [1.82, 2.24) is 9.47 Å². The van der Waals surface area contributed by atoms with Gasteiger partial charge in [0.2, 0.25) is 5.43 Å². The molecule has 5 heteroatoms. The van der Waals surface area contributed by atoms with Crippen molar-refractivity contribution in [2.75, 3.05) is 6.54 Å². The lowest BCUT2D eigenvalue weighted by Gasteiger charge is -2.42. The molecule has 0 saturated heterocycles. The molecular formula is C31H30N2O3. The molecule has 1 aromatic heterocycles. The molecule has 0 fully saturated rings. The number of carbonyl (C=O) groups excluding carboxylic acids is 1. The highest BCUT2D eigenvalue weighted by Crippen LogP contribution is 2.40. The van der Waals surface area contributed by atoms with Gasteiger partial charge in [0.25, 0.3) is 5.91 Å². The van der Waals surface area contributed by atoms with Crippen LogP contribution in [0.2, 0.25) is 0 Å². The number of aromatic nitrogens is 1. The quantitative estimate of drug-likeness (QED) is 0.344. The monoisotopic (exact) mass is 478 g/mol. The summed E-state index contributed by atoms with van der Waals surface area (Å²) in [5.41, 5.74) is 3.28. The molecule has 5 nitrogen and oxygen atoms in total. The highest BCUT2D eigenvalue weighted by molar-refractivity contribution is 5.96. The number of pyridine rings is 1. The van der Waals surface area contributed by atoms with Gasteiger partial charge in [0.1, 0.15) is 6.61 Å². The van der Waals surface area contributed by atoms with Gasteiger partial charge in [-0.1, -0.05) is 91.0 Å². The van der Waals surface area contributed by atoms with Crippen LogP contribution in [0.1, 0.15) is 53.0 Å². The molecule has 0 spiro atoms. The Kier molecular flexibility index (Phi) is 6.72. The van der Waals surface area contributed by atoms with E-state index >= 15 is 0 Å². The number of amides is 1. The topological polar surface area (TPSA) is 51.5 Å². The summed E-state index contributed by atoms with van der Waals surface area (Å²) in [6, 6.07) is 31.7. The first-order valence-electron chi connectivity index (χ1n) is 12.4. The van der Waals surface area contributed by atoms with Crippen LogP contribution in [0.3, 0.4) is 0 Å². The van der Waals surface area contributed by atoms with E-state index in [0.717, 1.165) is 16.7 Å². The van der Waals surface area contributed by atoms with Crippen molar-refractivity contribution in [3.63, 3.8) is 0 Å². The average Bonchev–Trinajstić information content (AvgIpc) is 2.91. The second-order valence-corrected chi connectivity index (χ2v) is 9.46. The molecule has 1 atom stereocenters. The van der Waals surface area contributed by atoms with E-state index in [1.807, 2.05) is 90.0 Å². The van der Waals surface area contributed by atoms with Gasteiger partial charge in [-0.3, -0.25) is 9.59 Å². The van der Waals surface area contributed by atoms with Crippen molar-refractivity contribution >= 4 is 5.91 Å². The summed E-state index contributed by atoms with van der Waals surface area (Å²) in [5, 5.41) is 0. The number of hydrogen-bond donors (Lipinski definition) is 0. The van der Waals surface area contributed by atoms with E-state index in [2.05, 4.69) is 24.3 Å². The van der Waals surface area contributed by atoms with Crippen LogP contribution in [0.4, 0.5) is 0 Å². The number of benzene rings is 3. The summed E-state index contributed by atoms with van der Waals surface area (Å²) >= 11 is 0. The Balaban J connectivity index is 1.66. The summed E-state index contributed by atoms with van der Waals surface area (Å²) in [7, 11) is 0. The molecule has 5 rings (SSSR count). The standard InChI is InChI=1S/C31H30N2O3/c1-22(2)33-20-26(28(24-14-8-4-9-15-24)25-16-10-5-11-17-25)32-19-18-27(34)30(29(32)31(33)35)36-21-23-12-6-3-7-13-23/h3-19,22,26,28H,20-21H2,1-2H3/t26-/m1/s1. The number of fused-ring (bicyclic) bond motifs is 1. The Morgan fingerprint density at radius 3 is 1.92 bits per heavy atom. The van der Waals surface area contributed by atoms with Crippen LogP contribution in [0.25, 0.3) is 0 Å². The van der Waals surface area contributed by atoms with Crippen LogP contribution < -0.4 is 10.2 Å². The Labute approximate surface area is 211 Å². The summed E-state index contributed by atoms with van der Waals surface area (Å²) in [5.74, 6) is -0.0894. The minimum Gasteiger partial charge on any atom is -0.483 e. The van der Waals surface area contributed by atoms with Crippen molar-refractivity contribution in [1.29, 1.82) is 0 Å². The zero-order chi connectivity index (χ0) is 25.1. The van der Waals surface area contributed by atoms with Crippen LogP contribution in [0.5, 0.6) is 5.75 Å². The number of ether oxygens (including phenoxy) is 1. The molecule has 2 heterocycles. The molecule has 0 bridgehead atoms. The number of carbonyl (C=O) groups is 1. The molecule has 0 saturated carbocycles. The molecule has 0 aliphatic carbocycles. The fourth-order valence-corrected chi connectivity index (χ4v) is 5.06. The normalized spacial score (nSPS) is 15.3. The van der Waals surface area contributed by atoms with Crippen molar-refractivity contribution < 1.29 is 9.53 Å². The highest BCUT2D eigenvalue weighted by atomic mass is 16.5. The summed E-state index contributed by atoms with van der Waals surface area (Å²) in [6.07, 6.45) is 1.76. The van der Waals surface area contributed by atoms with E-state index in [1.54, 1.807) is 6.20 Å². The molecule has 36 heavy (non-hydrogen) atoms. The Morgan fingerprint density at radius 1 is 0.806 bits per heavy atom. The first kappa shape index (κ1) is 23.6. The second-order valence-electron chi connectivity index (χ2n) is 9.46. The molecule has 1 aliphatic rings. The molecular weight excluding hydrogens is 448 g/mol. The second kappa shape index (κ2) is 10.2. The average molecular weight is 479 g/mol. The van der Waals surface area contributed by atoms with Gasteiger partial charge in [0, 0.05) is 30.8 Å². The lowest BCUT2D eigenvalue weighted by molar-refractivity contribution is 0.0584. The van der Waals surface area contributed by atoms with E-state index < -0.39 is 0 Å². The van der Waals surface area contributed by atoms with E-state index in [1.165, 1.54) is 6.07 Å². The summed E-state index contributed by atoms with van der Waals surface area (Å²) in [6.45, 7) is 4.76. The first-order chi connectivity index (χ1) is 17.5.